The van der Waals surface area contributed by atoms with Crippen LogP contribution >= 0.6 is 0 Å². The number of nitrogens with one attached hydrogen (secondary N) is 2. The predicted molar refractivity (Wildman–Crippen MR) is 230 cm³/mol. The second-order valence-corrected chi connectivity index (χ2v) is 13.8. The molecular formula is C51H34N4O. The summed E-state index contributed by atoms with van der Waals surface area (Å²) in [6, 6.07) is 63.5. The molecule has 0 bridgehead atoms. The Kier molecular flexibility index (Phi) is 8.23. The number of hydrogen-bond acceptors (Lipinski definition) is 5. The minimum atomic E-state index is 0.410. The number of allylic oxidation sites excluding steroid dienone is 1. The summed E-state index contributed by atoms with van der Waals surface area (Å²) in [7, 11) is 0. The highest BCUT2D eigenvalue weighted by Crippen LogP contribution is 2.39. The first-order valence-electron chi connectivity index (χ1n) is 18.7. The lowest BCUT2D eigenvalue weighted by Crippen LogP contribution is -2.20. The van der Waals surface area contributed by atoms with Crippen LogP contribution in [0.1, 0.15) is 27.8 Å². The number of benzene rings is 7. The van der Waals surface area contributed by atoms with E-state index < -0.39 is 0 Å². The van der Waals surface area contributed by atoms with Crippen molar-refractivity contribution in [3.8, 4) is 33.9 Å². The van der Waals surface area contributed by atoms with Crippen LogP contribution in [0.5, 0.6) is 0 Å². The lowest BCUT2D eigenvalue weighted by molar-refractivity contribution is 0.669. The molecule has 10 rings (SSSR count). The van der Waals surface area contributed by atoms with Crippen molar-refractivity contribution in [2.24, 2.45) is 0 Å². The maximum Gasteiger partial charge on any atom is 0.160 e. The van der Waals surface area contributed by atoms with E-state index in [4.69, 9.17) is 14.4 Å². The van der Waals surface area contributed by atoms with E-state index in [9.17, 15) is 5.41 Å². The smallest absolute Gasteiger partial charge is 0.160 e. The van der Waals surface area contributed by atoms with Gasteiger partial charge in [-0.15, -0.1) is 0 Å². The Morgan fingerprint density at radius 1 is 0.500 bits per heavy atom. The maximum atomic E-state index is 9.81. The van der Waals surface area contributed by atoms with Crippen molar-refractivity contribution in [1.82, 2.24) is 15.3 Å². The highest BCUT2D eigenvalue weighted by molar-refractivity contribution is 6.36. The van der Waals surface area contributed by atoms with Crippen LogP contribution in [0, 0.1) is 5.41 Å². The SMILES string of the molecule is N=C(/C(=C1\NC(c2ccccc2)=Cc2ccccc21)c1ccccc1)c1ccc(-c2nc(-c3ccccc3)cc(-c3cccc4oc5ccccc5c34)n2)cc1. The van der Waals surface area contributed by atoms with Gasteiger partial charge in [-0.2, -0.15) is 0 Å². The molecule has 1 aliphatic heterocycles. The number of furan rings is 1. The molecule has 9 aromatic rings. The van der Waals surface area contributed by atoms with Crippen molar-refractivity contribution in [3.05, 3.63) is 216 Å². The Labute approximate surface area is 324 Å². The van der Waals surface area contributed by atoms with Gasteiger partial charge in [0.2, 0.25) is 0 Å². The predicted octanol–water partition coefficient (Wildman–Crippen LogP) is 12.4. The van der Waals surface area contributed by atoms with Gasteiger partial charge in [-0.25, -0.2) is 9.97 Å². The summed E-state index contributed by atoms with van der Waals surface area (Å²) in [5, 5.41) is 15.6. The van der Waals surface area contributed by atoms with Gasteiger partial charge in [0.1, 0.15) is 11.2 Å². The average molecular weight is 719 g/mol. The molecule has 0 unspecified atom stereocenters. The normalized spacial score (nSPS) is 13.2. The van der Waals surface area contributed by atoms with Crippen molar-refractivity contribution >= 4 is 50.7 Å². The standard InChI is InChI=1S/C51H34N4O/c52-49(47(35-19-8-3-9-20-35)50-39-22-11-10-21-38(39)31-42(53-50)33-15-4-1-5-16-33)36-27-29-37(30-28-36)51-54-43(34-17-6-2-7-18-34)32-44(55-51)40-24-14-26-46-48(40)41-23-12-13-25-45(41)56-46/h1-32,52-53H/b50-47-,52-49?. The van der Waals surface area contributed by atoms with Crippen molar-refractivity contribution in [2.75, 3.05) is 0 Å². The first-order chi connectivity index (χ1) is 27.7. The summed E-state index contributed by atoms with van der Waals surface area (Å²) < 4.78 is 6.25. The molecule has 5 heteroatoms. The molecule has 3 heterocycles. The second kappa shape index (κ2) is 14.0. The van der Waals surface area contributed by atoms with Gasteiger partial charge < -0.3 is 9.73 Å². The molecule has 1 aliphatic rings. The molecule has 0 atom stereocenters. The number of aromatic nitrogens is 2. The van der Waals surface area contributed by atoms with Gasteiger partial charge in [0.25, 0.3) is 0 Å². The lowest BCUT2D eigenvalue weighted by atomic mass is 9.88. The maximum absolute atomic E-state index is 9.81. The molecule has 56 heavy (non-hydrogen) atoms. The molecule has 0 aliphatic carbocycles. The van der Waals surface area contributed by atoms with Crippen LogP contribution in [0.25, 0.3) is 78.9 Å². The Balaban J connectivity index is 1.09. The quantitative estimate of drug-likeness (QED) is 0.161. The van der Waals surface area contributed by atoms with E-state index in [1.54, 1.807) is 0 Å². The van der Waals surface area contributed by atoms with E-state index in [1.807, 2.05) is 109 Å². The summed E-state index contributed by atoms with van der Waals surface area (Å²) in [5.74, 6) is 0.603. The van der Waals surface area contributed by atoms with Crippen LogP contribution in [-0.4, -0.2) is 15.7 Å². The van der Waals surface area contributed by atoms with Crippen LogP contribution in [0.2, 0.25) is 0 Å². The third-order valence-electron chi connectivity index (χ3n) is 10.3. The fourth-order valence-electron chi connectivity index (χ4n) is 7.62. The molecule has 0 saturated heterocycles. The van der Waals surface area contributed by atoms with Crippen molar-refractivity contribution in [1.29, 1.82) is 5.41 Å². The fourth-order valence-corrected chi connectivity index (χ4v) is 7.62. The van der Waals surface area contributed by atoms with Gasteiger partial charge in [-0.05, 0) is 41.0 Å². The van der Waals surface area contributed by atoms with E-state index in [1.165, 1.54) is 0 Å². The Hall–Kier alpha value is -7.63. The molecule has 2 aromatic heterocycles. The van der Waals surface area contributed by atoms with E-state index >= 15 is 0 Å². The van der Waals surface area contributed by atoms with Crippen LogP contribution < -0.4 is 5.32 Å². The Morgan fingerprint density at radius 2 is 1.12 bits per heavy atom. The van der Waals surface area contributed by atoms with Gasteiger partial charge in [-0.3, -0.25) is 5.41 Å². The largest absolute Gasteiger partial charge is 0.456 e. The minimum Gasteiger partial charge on any atom is -0.456 e. The summed E-state index contributed by atoms with van der Waals surface area (Å²) in [5.41, 5.74) is 14.2. The zero-order valence-corrected chi connectivity index (χ0v) is 30.3. The van der Waals surface area contributed by atoms with E-state index in [-0.39, 0.29) is 0 Å². The van der Waals surface area contributed by atoms with Gasteiger partial charge in [0, 0.05) is 49.9 Å². The monoisotopic (exact) mass is 718 g/mol. The van der Waals surface area contributed by atoms with E-state index in [2.05, 4.69) is 90.3 Å². The lowest BCUT2D eigenvalue weighted by Gasteiger charge is -2.26. The molecular weight excluding hydrogens is 685 g/mol. The van der Waals surface area contributed by atoms with Crippen molar-refractivity contribution < 1.29 is 4.42 Å². The van der Waals surface area contributed by atoms with Gasteiger partial charge in [-0.1, -0.05) is 170 Å². The van der Waals surface area contributed by atoms with Crippen LogP contribution in [0.4, 0.5) is 0 Å². The molecule has 7 aromatic carbocycles. The van der Waals surface area contributed by atoms with E-state index in [0.717, 1.165) is 94.8 Å². The number of nitrogens with zero attached hydrogens (tertiary/aromatic N) is 2. The van der Waals surface area contributed by atoms with Crippen molar-refractivity contribution in [3.63, 3.8) is 0 Å². The molecule has 0 fully saturated rings. The topological polar surface area (TPSA) is 74.8 Å². The molecule has 0 spiro atoms. The van der Waals surface area contributed by atoms with Crippen molar-refractivity contribution in [2.45, 2.75) is 0 Å². The molecule has 264 valence electrons. The highest BCUT2D eigenvalue weighted by Gasteiger charge is 2.24. The van der Waals surface area contributed by atoms with Crippen LogP contribution in [0.15, 0.2) is 192 Å². The van der Waals surface area contributed by atoms with Gasteiger partial charge in [0.05, 0.1) is 22.8 Å². The van der Waals surface area contributed by atoms with Gasteiger partial charge in [0.15, 0.2) is 5.82 Å². The van der Waals surface area contributed by atoms with Crippen LogP contribution in [0.3, 0.4) is 0 Å². The third-order valence-corrected chi connectivity index (χ3v) is 10.3. The summed E-state index contributed by atoms with van der Waals surface area (Å²) in [6.45, 7) is 0. The van der Waals surface area contributed by atoms with Gasteiger partial charge >= 0.3 is 0 Å². The highest BCUT2D eigenvalue weighted by atomic mass is 16.3. The number of hydrogen-bond donors (Lipinski definition) is 2. The molecule has 0 saturated carbocycles. The molecule has 5 nitrogen and oxygen atoms in total. The summed E-state index contributed by atoms with van der Waals surface area (Å²) >= 11 is 0. The Bertz CT molecular complexity index is 2980. The van der Waals surface area contributed by atoms with Crippen LogP contribution in [-0.2, 0) is 0 Å². The summed E-state index contributed by atoms with van der Waals surface area (Å²) in [6.07, 6.45) is 2.18. The molecule has 0 radical (unpaired) electrons. The first-order valence-corrected chi connectivity index (χ1v) is 18.7. The first kappa shape index (κ1) is 33.0. The second-order valence-electron chi connectivity index (χ2n) is 13.8. The fraction of sp³-hybridized carbons (Fsp3) is 0. The number of fused-ring (bicyclic) bond motifs is 4. The number of para-hydroxylation sites is 1. The Morgan fingerprint density at radius 3 is 1.91 bits per heavy atom. The summed E-state index contributed by atoms with van der Waals surface area (Å²) in [4.78, 5) is 10.3. The zero-order chi connectivity index (χ0) is 37.4. The average Bonchev–Trinajstić information content (AvgIpc) is 3.66. The molecule has 0 amide bonds. The minimum absolute atomic E-state index is 0.410. The zero-order valence-electron chi connectivity index (χ0n) is 30.3. The molecule has 2 N–H and O–H groups in total. The number of rotatable bonds is 7. The third kappa shape index (κ3) is 5.98. The van der Waals surface area contributed by atoms with E-state index in [0.29, 0.717) is 11.5 Å².